The third-order valence-corrected chi connectivity index (χ3v) is 3.24. The topological polar surface area (TPSA) is 42.7 Å². The van der Waals surface area contributed by atoms with E-state index in [1.165, 1.54) is 19.3 Å². The van der Waals surface area contributed by atoms with Gasteiger partial charge in [0.25, 0.3) is 0 Å². The van der Waals surface area contributed by atoms with E-state index in [0.29, 0.717) is 6.04 Å². The maximum atomic E-state index is 4.30. The predicted molar refractivity (Wildman–Crippen MR) is 64.0 cm³/mol. The summed E-state index contributed by atoms with van der Waals surface area (Å²) in [5.74, 6) is 1.96. The van der Waals surface area contributed by atoms with Crippen LogP contribution in [0.15, 0.2) is 6.33 Å². The monoisotopic (exact) mass is 222 g/mol. The van der Waals surface area contributed by atoms with E-state index in [1.807, 2.05) is 4.68 Å². The molecule has 2 unspecified atom stereocenters. The van der Waals surface area contributed by atoms with E-state index < -0.39 is 0 Å². The van der Waals surface area contributed by atoms with Crippen LogP contribution in [0.4, 0.5) is 0 Å². The highest BCUT2D eigenvalue weighted by atomic mass is 15.4. The van der Waals surface area contributed by atoms with Gasteiger partial charge in [-0.05, 0) is 32.6 Å². The van der Waals surface area contributed by atoms with E-state index in [2.05, 4.69) is 36.2 Å². The predicted octanol–water partition coefficient (Wildman–Crippen LogP) is 2.14. The van der Waals surface area contributed by atoms with Crippen molar-refractivity contribution in [2.45, 2.75) is 58.7 Å². The number of hydrogen-bond acceptors (Lipinski definition) is 3. The number of hydrogen-bond donors (Lipinski definition) is 1. The maximum Gasteiger partial charge on any atom is 0.141 e. The van der Waals surface area contributed by atoms with Crippen LogP contribution >= 0.6 is 0 Å². The first-order valence-corrected chi connectivity index (χ1v) is 6.34. The third kappa shape index (κ3) is 2.61. The van der Waals surface area contributed by atoms with Crippen LogP contribution in [-0.4, -0.2) is 20.8 Å². The summed E-state index contributed by atoms with van der Waals surface area (Å²) in [5.41, 5.74) is 0. The van der Waals surface area contributed by atoms with Gasteiger partial charge < -0.3 is 5.32 Å². The molecule has 2 rings (SSSR count). The lowest BCUT2D eigenvalue weighted by Crippen LogP contribution is -2.21. The zero-order chi connectivity index (χ0) is 11.5. The van der Waals surface area contributed by atoms with E-state index >= 15 is 0 Å². The van der Waals surface area contributed by atoms with E-state index in [1.54, 1.807) is 6.33 Å². The molecule has 1 aliphatic carbocycles. The second-order valence-electron chi connectivity index (χ2n) is 4.99. The van der Waals surface area contributed by atoms with Crippen molar-refractivity contribution >= 4 is 0 Å². The molecular formula is C12H22N4. The van der Waals surface area contributed by atoms with Crippen LogP contribution in [0.3, 0.4) is 0 Å². The molecule has 0 saturated heterocycles. The van der Waals surface area contributed by atoms with Gasteiger partial charge in [0.15, 0.2) is 0 Å². The fraction of sp³-hybridized carbons (Fsp3) is 0.833. The third-order valence-electron chi connectivity index (χ3n) is 3.24. The minimum absolute atomic E-state index is 0.393. The molecule has 1 fully saturated rings. The molecule has 0 aliphatic heterocycles. The summed E-state index contributed by atoms with van der Waals surface area (Å²) >= 11 is 0. The van der Waals surface area contributed by atoms with Gasteiger partial charge in [-0.1, -0.05) is 13.3 Å². The molecule has 1 aromatic heterocycles. The Balaban J connectivity index is 1.80. The van der Waals surface area contributed by atoms with Gasteiger partial charge in [0.05, 0.1) is 6.54 Å². The summed E-state index contributed by atoms with van der Waals surface area (Å²) in [6, 6.07) is 1.11. The van der Waals surface area contributed by atoms with Crippen LogP contribution in [0.25, 0.3) is 0 Å². The van der Waals surface area contributed by atoms with Crippen molar-refractivity contribution in [3.05, 3.63) is 12.2 Å². The van der Waals surface area contributed by atoms with Gasteiger partial charge in [-0.3, -0.25) is 0 Å². The van der Waals surface area contributed by atoms with E-state index in [-0.39, 0.29) is 0 Å². The molecule has 0 spiro atoms. The smallest absolute Gasteiger partial charge is 0.141 e. The van der Waals surface area contributed by atoms with Crippen LogP contribution in [0.5, 0.6) is 0 Å². The lowest BCUT2D eigenvalue weighted by molar-refractivity contribution is 0.484. The molecule has 4 heteroatoms. The van der Waals surface area contributed by atoms with Gasteiger partial charge in [0.1, 0.15) is 12.2 Å². The van der Waals surface area contributed by atoms with Gasteiger partial charge in [-0.2, -0.15) is 5.10 Å². The number of aromatic nitrogens is 3. The van der Waals surface area contributed by atoms with Crippen LogP contribution in [0.1, 0.15) is 51.9 Å². The quantitative estimate of drug-likeness (QED) is 0.802. The zero-order valence-corrected chi connectivity index (χ0v) is 10.5. The first kappa shape index (κ1) is 11.6. The Morgan fingerprint density at radius 1 is 1.56 bits per heavy atom. The molecule has 1 aromatic rings. The summed E-state index contributed by atoms with van der Waals surface area (Å²) < 4.78 is 1.99. The summed E-state index contributed by atoms with van der Waals surface area (Å²) in [6.07, 6.45) is 5.64. The summed E-state index contributed by atoms with van der Waals surface area (Å²) in [5, 5.41) is 7.80. The van der Waals surface area contributed by atoms with Gasteiger partial charge >= 0.3 is 0 Å². The minimum atomic E-state index is 0.393. The molecule has 90 valence electrons. The lowest BCUT2D eigenvalue weighted by atomic mass is 10.2. The van der Waals surface area contributed by atoms with Gasteiger partial charge in [0.2, 0.25) is 0 Å². The fourth-order valence-corrected chi connectivity index (χ4v) is 2.24. The molecule has 1 aliphatic rings. The molecule has 1 N–H and O–H groups in total. The van der Waals surface area contributed by atoms with E-state index in [9.17, 15) is 0 Å². The van der Waals surface area contributed by atoms with Gasteiger partial charge in [0, 0.05) is 12.1 Å². The van der Waals surface area contributed by atoms with Crippen LogP contribution in [0, 0.1) is 5.92 Å². The van der Waals surface area contributed by atoms with Crippen LogP contribution < -0.4 is 5.32 Å². The molecule has 4 nitrogen and oxygen atoms in total. The Hall–Kier alpha value is -0.900. The second kappa shape index (κ2) is 4.95. The standard InChI is InChI=1S/C12H22N4/c1-4-5-10-6-11(10)13-7-12-14-8-15-16(12)9(2)3/h8-11,13H,4-7H2,1-3H3. The molecule has 2 atom stereocenters. The lowest BCUT2D eigenvalue weighted by Gasteiger charge is -2.09. The van der Waals surface area contributed by atoms with Gasteiger partial charge in [-0.15, -0.1) is 0 Å². The highest BCUT2D eigenvalue weighted by Gasteiger charge is 2.35. The molecule has 1 heterocycles. The van der Waals surface area contributed by atoms with Crippen molar-refractivity contribution in [1.29, 1.82) is 0 Å². The number of rotatable bonds is 6. The van der Waals surface area contributed by atoms with Crippen molar-refractivity contribution in [2.75, 3.05) is 0 Å². The van der Waals surface area contributed by atoms with Crippen LogP contribution in [-0.2, 0) is 6.54 Å². The minimum Gasteiger partial charge on any atom is -0.307 e. The zero-order valence-electron chi connectivity index (χ0n) is 10.5. The average molecular weight is 222 g/mol. The summed E-state index contributed by atoms with van der Waals surface area (Å²) in [4.78, 5) is 4.30. The largest absolute Gasteiger partial charge is 0.307 e. The maximum absolute atomic E-state index is 4.30. The highest BCUT2D eigenvalue weighted by Crippen LogP contribution is 2.34. The van der Waals surface area contributed by atoms with Crippen LogP contribution in [0.2, 0.25) is 0 Å². The van der Waals surface area contributed by atoms with Crippen molar-refractivity contribution in [3.8, 4) is 0 Å². The first-order chi connectivity index (χ1) is 7.72. The van der Waals surface area contributed by atoms with Crippen molar-refractivity contribution in [1.82, 2.24) is 20.1 Å². The molecule has 0 bridgehead atoms. The Morgan fingerprint density at radius 2 is 2.38 bits per heavy atom. The Bertz CT molecular complexity index is 332. The normalized spacial score (nSPS) is 24.0. The summed E-state index contributed by atoms with van der Waals surface area (Å²) in [7, 11) is 0. The Labute approximate surface area is 97.5 Å². The molecule has 16 heavy (non-hydrogen) atoms. The SMILES string of the molecule is CCCC1CC1NCc1ncnn1C(C)C. The van der Waals surface area contributed by atoms with E-state index in [0.717, 1.165) is 24.3 Å². The van der Waals surface area contributed by atoms with Gasteiger partial charge in [-0.25, -0.2) is 9.67 Å². The highest BCUT2D eigenvalue weighted by molar-refractivity contribution is 4.95. The molecule has 0 amide bonds. The summed E-state index contributed by atoms with van der Waals surface area (Å²) in [6.45, 7) is 7.37. The van der Waals surface area contributed by atoms with Crippen molar-refractivity contribution in [3.63, 3.8) is 0 Å². The number of nitrogens with one attached hydrogen (secondary N) is 1. The fourth-order valence-electron chi connectivity index (χ4n) is 2.24. The molecule has 1 saturated carbocycles. The molecular weight excluding hydrogens is 200 g/mol. The molecule has 0 aromatic carbocycles. The average Bonchev–Trinajstić information content (AvgIpc) is 2.80. The van der Waals surface area contributed by atoms with E-state index in [4.69, 9.17) is 0 Å². The second-order valence-corrected chi connectivity index (χ2v) is 4.99. The molecule has 0 radical (unpaired) electrons. The van der Waals surface area contributed by atoms with Crippen molar-refractivity contribution in [2.24, 2.45) is 5.92 Å². The Kier molecular flexibility index (Phi) is 3.59. The number of nitrogens with zero attached hydrogens (tertiary/aromatic N) is 3. The first-order valence-electron chi connectivity index (χ1n) is 6.34. The Morgan fingerprint density at radius 3 is 3.06 bits per heavy atom. The van der Waals surface area contributed by atoms with Crippen molar-refractivity contribution < 1.29 is 0 Å².